The fourth-order valence-electron chi connectivity index (χ4n) is 2.29. The largest absolute Gasteiger partial charge is 0.489 e. The van der Waals surface area contributed by atoms with Crippen molar-refractivity contribution >= 4 is 35.0 Å². The molecule has 6 nitrogen and oxygen atoms in total. The van der Waals surface area contributed by atoms with Gasteiger partial charge in [0.15, 0.2) is 11.0 Å². The molecule has 0 saturated heterocycles. The number of ether oxygens (including phenoxy) is 1. The third-order valence-corrected chi connectivity index (χ3v) is 5.36. The van der Waals surface area contributed by atoms with Crippen LogP contribution in [0.3, 0.4) is 0 Å². The van der Waals surface area contributed by atoms with Gasteiger partial charge in [-0.2, -0.15) is 0 Å². The van der Waals surface area contributed by atoms with Crippen LogP contribution in [0.15, 0.2) is 40.1 Å². The number of aliphatic hydroxyl groups excluding tert-OH is 1. The summed E-state index contributed by atoms with van der Waals surface area (Å²) >= 11 is 13.3. The molecule has 1 atom stereocenters. The van der Waals surface area contributed by atoms with E-state index in [4.69, 9.17) is 32.4 Å². The van der Waals surface area contributed by atoms with Crippen LogP contribution in [0.2, 0.25) is 10.0 Å². The maximum atomic E-state index is 10.2. The van der Waals surface area contributed by atoms with E-state index in [-0.39, 0.29) is 6.61 Å². The molecule has 1 aromatic carbocycles. The van der Waals surface area contributed by atoms with Crippen LogP contribution >= 0.6 is 35.0 Å². The quantitative estimate of drug-likeness (QED) is 0.584. The van der Waals surface area contributed by atoms with Gasteiger partial charge in [-0.15, -0.1) is 10.2 Å². The van der Waals surface area contributed by atoms with Gasteiger partial charge in [0.25, 0.3) is 0 Å². The van der Waals surface area contributed by atoms with Gasteiger partial charge in [-0.3, -0.25) is 0 Å². The molecule has 0 bridgehead atoms. The summed E-state index contributed by atoms with van der Waals surface area (Å²) in [6.07, 6.45) is 0.928. The minimum absolute atomic E-state index is 0.111. The zero-order chi connectivity index (χ0) is 18.7. The lowest BCUT2D eigenvalue weighted by Crippen LogP contribution is -2.20. The SMILES string of the molecule is Cc1occc1-c1nnc(SC[C@@H](O)COc2ccc(Cl)cc2Cl)n1C. The Hall–Kier alpha value is -1.67. The number of aromatic nitrogens is 3. The lowest BCUT2D eigenvalue weighted by molar-refractivity contribution is 0.126. The minimum atomic E-state index is -0.692. The molecular weight excluding hydrogens is 397 g/mol. The number of aryl methyl sites for hydroxylation is 1. The lowest BCUT2D eigenvalue weighted by Gasteiger charge is -2.13. The van der Waals surface area contributed by atoms with Crippen LogP contribution in [-0.2, 0) is 7.05 Å². The molecule has 0 aliphatic rings. The second kappa shape index (κ2) is 8.35. The molecule has 9 heteroatoms. The van der Waals surface area contributed by atoms with Crippen LogP contribution in [0, 0.1) is 6.92 Å². The average molecular weight is 414 g/mol. The smallest absolute Gasteiger partial charge is 0.191 e. The third-order valence-electron chi connectivity index (χ3n) is 3.66. The number of aliphatic hydroxyl groups is 1. The van der Waals surface area contributed by atoms with Crippen LogP contribution < -0.4 is 4.74 Å². The number of nitrogens with zero attached hydrogens (tertiary/aromatic N) is 3. The monoisotopic (exact) mass is 413 g/mol. The van der Waals surface area contributed by atoms with E-state index in [0.29, 0.717) is 26.7 Å². The van der Waals surface area contributed by atoms with Crippen LogP contribution in [-0.4, -0.2) is 38.3 Å². The molecule has 1 N–H and O–H groups in total. The van der Waals surface area contributed by atoms with Crippen molar-refractivity contribution in [2.45, 2.75) is 18.2 Å². The van der Waals surface area contributed by atoms with Gasteiger partial charge in [-0.05, 0) is 31.2 Å². The first-order chi connectivity index (χ1) is 12.5. The molecule has 138 valence electrons. The number of hydrogen-bond acceptors (Lipinski definition) is 6. The summed E-state index contributed by atoms with van der Waals surface area (Å²) in [5.74, 6) is 2.39. The molecule has 3 rings (SSSR count). The van der Waals surface area contributed by atoms with Crippen molar-refractivity contribution in [1.29, 1.82) is 0 Å². The third kappa shape index (κ3) is 4.35. The molecule has 0 spiro atoms. The van der Waals surface area contributed by atoms with Crippen LogP contribution in [0.5, 0.6) is 5.75 Å². The van der Waals surface area contributed by atoms with Crippen LogP contribution in [0.25, 0.3) is 11.4 Å². The Labute approximate surface area is 165 Å². The first-order valence-corrected chi connectivity index (χ1v) is 9.52. The maximum Gasteiger partial charge on any atom is 0.191 e. The first kappa shape index (κ1) is 19.1. The van der Waals surface area contributed by atoms with E-state index in [1.807, 2.05) is 24.6 Å². The summed E-state index contributed by atoms with van der Waals surface area (Å²) in [5.41, 5.74) is 0.896. The van der Waals surface area contributed by atoms with E-state index in [1.165, 1.54) is 11.8 Å². The summed E-state index contributed by atoms with van der Waals surface area (Å²) in [6.45, 7) is 1.99. The molecule has 0 unspecified atom stereocenters. The van der Waals surface area contributed by atoms with E-state index in [2.05, 4.69) is 10.2 Å². The molecule has 0 fully saturated rings. The summed E-state index contributed by atoms with van der Waals surface area (Å²) < 4.78 is 12.7. The summed E-state index contributed by atoms with van der Waals surface area (Å²) in [6, 6.07) is 6.81. The van der Waals surface area contributed by atoms with Gasteiger partial charge in [0.1, 0.15) is 18.1 Å². The maximum absolute atomic E-state index is 10.2. The summed E-state index contributed by atoms with van der Waals surface area (Å²) in [5, 5.41) is 20.2. The van der Waals surface area contributed by atoms with Gasteiger partial charge in [0, 0.05) is 17.8 Å². The number of benzene rings is 1. The van der Waals surface area contributed by atoms with Crippen molar-refractivity contribution in [1.82, 2.24) is 14.8 Å². The van der Waals surface area contributed by atoms with Gasteiger partial charge < -0.3 is 18.8 Å². The molecule has 2 heterocycles. The number of furan rings is 1. The fourth-order valence-corrected chi connectivity index (χ4v) is 3.57. The number of halogens is 2. The van der Waals surface area contributed by atoms with Crippen molar-refractivity contribution in [2.24, 2.45) is 7.05 Å². The second-order valence-electron chi connectivity index (χ2n) is 5.61. The van der Waals surface area contributed by atoms with Gasteiger partial charge in [-0.1, -0.05) is 35.0 Å². The van der Waals surface area contributed by atoms with Crippen molar-refractivity contribution in [3.05, 3.63) is 46.3 Å². The van der Waals surface area contributed by atoms with E-state index in [1.54, 1.807) is 24.5 Å². The van der Waals surface area contributed by atoms with Crippen molar-refractivity contribution < 1.29 is 14.3 Å². The van der Waals surface area contributed by atoms with E-state index >= 15 is 0 Å². The number of hydrogen-bond donors (Lipinski definition) is 1. The number of rotatable bonds is 7. The molecule has 2 aromatic heterocycles. The highest BCUT2D eigenvalue weighted by Crippen LogP contribution is 2.28. The molecule has 0 amide bonds. The molecular formula is C17H17Cl2N3O3S. The first-order valence-electron chi connectivity index (χ1n) is 7.78. The van der Waals surface area contributed by atoms with E-state index < -0.39 is 6.10 Å². The standard InChI is InChI=1S/C17H17Cl2N3O3S/c1-10-13(5-6-24-10)16-20-21-17(22(16)2)26-9-12(23)8-25-15-4-3-11(18)7-14(15)19/h3-7,12,23H,8-9H2,1-2H3/t12-/m0/s1. The molecule has 26 heavy (non-hydrogen) atoms. The van der Waals surface area contributed by atoms with Gasteiger partial charge in [-0.25, -0.2) is 0 Å². The molecule has 0 saturated carbocycles. The normalized spacial score (nSPS) is 12.3. The second-order valence-corrected chi connectivity index (χ2v) is 7.44. The summed E-state index contributed by atoms with van der Waals surface area (Å²) in [4.78, 5) is 0. The summed E-state index contributed by atoms with van der Waals surface area (Å²) in [7, 11) is 1.88. The average Bonchev–Trinajstić information content (AvgIpc) is 3.17. The molecule has 0 aliphatic heterocycles. The molecule has 0 aliphatic carbocycles. The minimum Gasteiger partial charge on any atom is -0.489 e. The lowest BCUT2D eigenvalue weighted by atomic mass is 10.2. The Kier molecular flexibility index (Phi) is 6.13. The number of thioether (sulfide) groups is 1. The van der Waals surface area contributed by atoms with Crippen molar-refractivity contribution in [2.75, 3.05) is 12.4 Å². The van der Waals surface area contributed by atoms with Gasteiger partial charge in [0.05, 0.1) is 23.0 Å². The van der Waals surface area contributed by atoms with Crippen molar-refractivity contribution in [3.63, 3.8) is 0 Å². The Bertz CT molecular complexity index is 897. The zero-order valence-corrected chi connectivity index (χ0v) is 16.5. The van der Waals surface area contributed by atoms with Gasteiger partial charge in [0.2, 0.25) is 0 Å². The zero-order valence-electron chi connectivity index (χ0n) is 14.1. The van der Waals surface area contributed by atoms with E-state index in [9.17, 15) is 5.11 Å². The Balaban J connectivity index is 1.56. The van der Waals surface area contributed by atoms with E-state index in [0.717, 1.165) is 17.1 Å². The van der Waals surface area contributed by atoms with Crippen LogP contribution in [0.4, 0.5) is 0 Å². The molecule has 3 aromatic rings. The Morgan fingerprint density at radius 1 is 1.31 bits per heavy atom. The highest BCUT2D eigenvalue weighted by atomic mass is 35.5. The van der Waals surface area contributed by atoms with Gasteiger partial charge >= 0.3 is 0 Å². The Morgan fingerprint density at radius 2 is 2.12 bits per heavy atom. The predicted octanol–water partition coefficient (Wildman–Crippen LogP) is 4.22. The van der Waals surface area contributed by atoms with Crippen LogP contribution in [0.1, 0.15) is 5.76 Å². The molecule has 0 radical (unpaired) electrons. The highest BCUT2D eigenvalue weighted by molar-refractivity contribution is 7.99. The fraction of sp³-hybridized carbons (Fsp3) is 0.294. The predicted molar refractivity (Wildman–Crippen MR) is 102 cm³/mol. The Morgan fingerprint density at radius 3 is 2.81 bits per heavy atom. The highest BCUT2D eigenvalue weighted by Gasteiger charge is 2.16. The van der Waals surface area contributed by atoms with Crippen molar-refractivity contribution in [3.8, 4) is 17.1 Å². The topological polar surface area (TPSA) is 73.3 Å².